The molecule has 35 heavy (non-hydrogen) atoms. The van der Waals surface area contributed by atoms with Crippen molar-refractivity contribution in [3.8, 4) is 11.5 Å². The Morgan fingerprint density at radius 2 is 1.86 bits per heavy atom. The molecular weight excluding hydrogens is 442 g/mol. The lowest BCUT2D eigenvalue weighted by Gasteiger charge is -2.51. The first-order chi connectivity index (χ1) is 16.9. The van der Waals surface area contributed by atoms with Crippen LogP contribution < -0.4 is 9.47 Å². The van der Waals surface area contributed by atoms with E-state index in [2.05, 4.69) is 18.0 Å². The second-order valence-corrected chi connectivity index (χ2v) is 9.60. The average molecular weight is 476 g/mol. The Labute approximate surface area is 206 Å². The number of hydrogen-bond donors (Lipinski definition) is 1. The number of carbonyl (C=O) groups excluding carboxylic acids is 2. The lowest BCUT2D eigenvalue weighted by molar-refractivity contribution is -0.166. The maximum atomic E-state index is 14.0. The first kappa shape index (κ1) is 23.3. The molecule has 2 atom stereocenters. The summed E-state index contributed by atoms with van der Waals surface area (Å²) in [4.78, 5) is 34.6. The lowest BCUT2D eigenvalue weighted by Crippen LogP contribution is -2.67. The highest BCUT2D eigenvalue weighted by Crippen LogP contribution is 2.50. The van der Waals surface area contributed by atoms with Crippen LogP contribution in [0.5, 0.6) is 11.5 Å². The van der Waals surface area contributed by atoms with Crippen LogP contribution in [-0.2, 0) is 15.1 Å². The van der Waals surface area contributed by atoms with E-state index in [1.165, 1.54) is 0 Å². The fourth-order valence-corrected chi connectivity index (χ4v) is 5.88. The van der Waals surface area contributed by atoms with Gasteiger partial charge < -0.3 is 24.3 Å². The quantitative estimate of drug-likeness (QED) is 0.514. The van der Waals surface area contributed by atoms with E-state index in [9.17, 15) is 9.59 Å². The maximum Gasteiger partial charge on any atom is 0.254 e. The minimum atomic E-state index is -1.08. The van der Waals surface area contributed by atoms with E-state index in [1.54, 1.807) is 24.0 Å². The van der Waals surface area contributed by atoms with Crippen LogP contribution in [0.2, 0.25) is 0 Å². The standard InChI is InChI=1S/C28H33N3O4/c1-5-6-9-15-30-17-23(32)31-16-20(18-12-10-14-22(34-3)25(18)35-4)24-19-11-7-8-13-21(19)29-26(24)28(31,2)27(30)33/h7-8,10-14,20,29H,5-6,9,15-17H2,1-4H3/t20-,28-/m0/s1. The van der Waals surface area contributed by atoms with Gasteiger partial charge in [0.05, 0.1) is 26.5 Å². The molecule has 7 heteroatoms. The molecule has 0 bridgehead atoms. The molecule has 184 valence electrons. The number of amides is 2. The highest BCUT2D eigenvalue weighted by atomic mass is 16.5. The van der Waals surface area contributed by atoms with Crippen LogP contribution in [0.1, 0.15) is 55.8 Å². The summed E-state index contributed by atoms with van der Waals surface area (Å²) in [7, 11) is 3.25. The second-order valence-electron chi connectivity index (χ2n) is 9.60. The normalized spacial score (nSPS) is 21.8. The number of aromatic amines is 1. The highest BCUT2D eigenvalue weighted by Gasteiger charge is 2.56. The smallest absolute Gasteiger partial charge is 0.254 e. The maximum absolute atomic E-state index is 14.0. The highest BCUT2D eigenvalue weighted by molar-refractivity contribution is 6.01. The summed E-state index contributed by atoms with van der Waals surface area (Å²) in [5.74, 6) is 1.07. The van der Waals surface area contributed by atoms with Crippen LogP contribution in [0.15, 0.2) is 42.5 Å². The van der Waals surface area contributed by atoms with Gasteiger partial charge in [-0.15, -0.1) is 0 Å². The van der Waals surface area contributed by atoms with Gasteiger partial charge in [0.15, 0.2) is 17.0 Å². The molecular formula is C28H33N3O4. The molecule has 3 heterocycles. The van der Waals surface area contributed by atoms with Crippen LogP contribution in [0, 0.1) is 0 Å². The SMILES string of the molecule is CCCCCN1CC(=O)N2C[C@@H](c3cccc(OC)c3OC)c3c([nH]c4ccccc34)[C@@]2(C)C1=O. The van der Waals surface area contributed by atoms with Crippen LogP contribution in [-0.4, -0.2) is 60.5 Å². The molecule has 2 aromatic carbocycles. The third-order valence-electron chi connectivity index (χ3n) is 7.66. The summed E-state index contributed by atoms with van der Waals surface area (Å²) in [6, 6.07) is 13.9. The average Bonchev–Trinajstić information content (AvgIpc) is 3.27. The number of benzene rings is 2. The van der Waals surface area contributed by atoms with Crippen LogP contribution in [0.25, 0.3) is 10.9 Å². The van der Waals surface area contributed by atoms with Crippen LogP contribution in [0.4, 0.5) is 0 Å². The minimum Gasteiger partial charge on any atom is -0.493 e. The molecule has 2 aliphatic rings. The first-order valence-corrected chi connectivity index (χ1v) is 12.4. The molecule has 7 nitrogen and oxygen atoms in total. The van der Waals surface area contributed by atoms with Gasteiger partial charge in [0, 0.05) is 35.5 Å². The van der Waals surface area contributed by atoms with Crippen molar-refractivity contribution in [3.05, 3.63) is 59.3 Å². The molecule has 3 aromatic rings. The number of methoxy groups -OCH3 is 2. The van der Waals surface area contributed by atoms with Gasteiger partial charge in [-0.3, -0.25) is 9.59 Å². The Bertz CT molecular complexity index is 1280. The van der Waals surface area contributed by atoms with Gasteiger partial charge in [0.2, 0.25) is 5.91 Å². The van der Waals surface area contributed by atoms with Gasteiger partial charge in [-0.05, 0) is 31.0 Å². The van der Waals surface area contributed by atoms with Crippen molar-refractivity contribution in [1.82, 2.24) is 14.8 Å². The van der Waals surface area contributed by atoms with Gasteiger partial charge in [0.1, 0.15) is 0 Å². The summed E-state index contributed by atoms with van der Waals surface area (Å²) in [6.45, 7) is 5.14. The van der Waals surface area contributed by atoms with Crippen molar-refractivity contribution in [2.45, 2.75) is 44.6 Å². The van der Waals surface area contributed by atoms with E-state index >= 15 is 0 Å². The van der Waals surface area contributed by atoms with Crippen LogP contribution >= 0.6 is 0 Å². The number of unbranched alkanes of at least 4 members (excludes halogenated alkanes) is 2. The first-order valence-electron chi connectivity index (χ1n) is 12.4. The Hall–Kier alpha value is -3.48. The van der Waals surface area contributed by atoms with Crippen molar-refractivity contribution < 1.29 is 19.1 Å². The molecule has 1 fully saturated rings. The van der Waals surface area contributed by atoms with E-state index in [4.69, 9.17) is 9.47 Å². The monoisotopic (exact) mass is 475 g/mol. The summed E-state index contributed by atoms with van der Waals surface area (Å²) in [5.41, 5.74) is 2.64. The predicted octanol–water partition coefficient (Wildman–Crippen LogP) is 4.41. The zero-order chi connectivity index (χ0) is 24.7. The minimum absolute atomic E-state index is 0.0166. The van der Waals surface area contributed by atoms with Gasteiger partial charge in [-0.25, -0.2) is 0 Å². The van der Waals surface area contributed by atoms with E-state index in [-0.39, 0.29) is 24.3 Å². The number of H-pyrrole nitrogens is 1. The van der Waals surface area contributed by atoms with Gasteiger partial charge >= 0.3 is 0 Å². The zero-order valence-electron chi connectivity index (χ0n) is 20.9. The molecule has 1 aromatic heterocycles. The Balaban J connectivity index is 1.71. The van der Waals surface area contributed by atoms with Gasteiger partial charge in [-0.2, -0.15) is 0 Å². The van der Waals surface area contributed by atoms with Crippen molar-refractivity contribution >= 4 is 22.7 Å². The number of aromatic nitrogens is 1. The molecule has 0 spiro atoms. The Morgan fingerprint density at radius 3 is 2.60 bits per heavy atom. The summed E-state index contributed by atoms with van der Waals surface area (Å²) < 4.78 is 11.4. The van der Waals surface area contributed by atoms with Crippen molar-refractivity contribution in [3.63, 3.8) is 0 Å². The van der Waals surface area contributed by atoms with Gasteiger partial charge in [-0.1, -0.05) is 50.1 Å². The molecule has 0 radical (unpaired) electrons. The van der Waals surface area contributed by atoms with E-state index < -0.39 is 5.54 Å². The van der Waals surface area contributed by atoms with Crippen molar-refractivity contribution in [1.29, 1.82) is 0 Å². The number of ether oxygens (including phenoxy) is 2. The summed E-state index contributed by atoms with van der Waals surface area (Å²) >= 11 is 0. The van der Waals surface area contributed by atoms with Crippen molar-refractivity contribution in [2.75, 3.05) is 33.9 Å². The fraction of sp³-hybridized carbons (Fsp3) is 0.429. The van der Waals surface area contributed by atoms with Crippen LogP contribution in [0.3, 0.4) is 0 Å². The molecule has 2 amide bonds. The lowest BCUT2D eigenvalue weighted by atomic mass is 9.76. The van der Waals surface area contributed by atoms with E-state index in [1.807, 2.05) is 43.3 Å². The number of fused-ring (bicyclic) bond motifs is 5. The molecule has 1 N–H and O–H groups in total. The van der Waals surface area contributed by atoms with Crippen molar-refractivity contribution in [2.24, 2.45) is 0 Å². The molecule has 1 saturated heterocycles. The molecule has 0 unspecified atom stereocenters. The topological polar surface area (TPSA) is 74.9 Å². The third kappa shape index (κ3) is 3.48. The predicted molar refractivity (Wildman–Crippen MR) is 135 cm³/mol. The Morgan fingerprint density at radius 1 is 1.06 bits per heavy atom. The molecule has 2 aliphatic heterocycles. The van der Waals surface area contributed by atoms with E-state index in [0.29, 0.717) is 24.6 Å². The molecule has 0 saturated carbocycles. The number of para-hydroxylation sites is 2. The zero-order valence-corrected chi connectivity index (χ0v) is 20.9. The number of carbonyl (C=O) groups is 2. The van der Waals surface area contributed by atoms with E-state index in [0.717, 1.165) is 47.0 Å². The molecule has 5 rings (SSSR count). The summed E-state index contributed by atoms with van der Waals surface area (Å²) in [6.07, 6.45) is 3.00. The summed E-state index contributed by atoms with van der Waals surface area (Å²) in [5, 5.41) is 1.06. The molecule has 0 aliphatic carbocycles. The number of rotatable bonds is 7. The van der Waals surface area contributed by atoms with Gasteiger partial charge in [0.25, 0.3) is 5.91 Å². The number of piperazine rings is 1. The largest absolute Gasteiger partial charge is 0.493 e. The number of nitrogens with zero attached hydrogens (tertiary/aromatic N) is 2. The second kappa shape index (κ2) is 8.95. The number of hydrogen-bond acceptors (Lipinski definition) is 4. The Kier molecular flexibility index (Phi) is 5.95. The number of nitrogens with one attached hydrogen (secondary N) is 1. The fourth-order valence-electron chi connectivity index (χ4n) is 5.88. The third-order valence-corrected chi connectivity index (χ3v) is 7.66.